The second-order valence-corrected chi connectivity index (χ2v) is 10.8. The van der Waals surface area contributed by atoms with Gasteiger partial charge in [0.25, 0.3) is 5.91 Å². The number of benzene rings is 2. The van der Waals surface area contributed by atoms with Crippen LogP contribution in [-0.4, -0.2) is 52.3 Å². The summed E-state index contributed by atoms with van der Waals surface area (Å²) in [6.45, 7) is 0.185. The third kappa shape index (κ3) is 5.21. The zero-order valence-corrected chi connectivity index (χ0v) is 21.4. The van der Waals surface area contributed by atoms with E-state index in [9.17, 15) is 23.1 Å². The summed E-state index contributed by atoms with van der Waals surface area (Å²) in [5.41, 5.74) is 5.83. The lowest BCUT2D eigenvalue weighted by molar-refractivity contribution is -0.140. The SMILES string of the molecule is NNC(=O)c1cc(-c2ccc(C#Cc3ccc(S(=O)(=O)N4CCC[C@@H]4C(=O)O)cc3)cc2)nc2ccncc12. The van der Waals surface area contributed by atoms with Crippen LogP contribution in [0, 0.1) is 11.8 Å². The van der Waals surface area contributed by atoms with E-state index in [0.717, 1.165) is 15.4 Å². The maximum absolute atomic E-state index is 12.9. The number of sulfonamides is 1. The molecule has 1 amide bonds. The third-order valence-corrected chi connectivity index (χ3v) is 8.39. The normalized spacial score (nSPS) is 15.5. The first-order valence-corrected chi connectivity index (χ1v) is 13.4. The Morgan fingerprint density at radius 1 is 1.03 bits per heavy atom. The monoisotopic (exact) mass is 541 g/mol. The second-order valence-electron chi connectivity index (χ2n) is 8.89. The Morgan fingerprint density at radius 3 is 2.33 bits per heavy atom. The van der Waals surface area contributed by atoms with Crippen molar-refractivity contribution in [1.82, 2.24) is 19.7 Å². The molecule has 1 atom stereocenters. The molecule has 1 saturated heterocycles. The summed E-state index contributed by atoms with van der Waals surface area (Å²) in [5, 5.41) is 9.92. The van der Waals surface area contributed by atoms with Crippen molar-refractivity contribution in [3.63, 3.8) is 0 Å². The number of hydrazine groups is 1. The molecule has 196 valence electrons. The molecule has 2 aromatic heterocycles. The molecule has 2 aromatic carbocycles. The molecule has 4 N–H and O–H groups in total. The van der Waals surface area contributed by atoms with E-state index in [-0.39, 0.29) is 11.4 Å². The molecule has 0 radical (unpaired) electrons. The molecule has 39 heavy (non-hydrogen) atoms. The highest BCUT2D eigenvalue weighted by atomic mass is 32.2. The van der Waals surface area contributed by atoms with Gasteiger partial charge in [-0.3, -0.25) is 20.0 Å². The fourth-order valence-electron chi connectivity index (χ4n) is 4.47. The summed E-state index contributed by atoms with van der Waals surface area (Å²) in [4.78, 5) is 32.5. The van der Waals surface area contributed by atoms with Crippen molar-refractivity contribution < 1.29 is 23.1 Å². The maximum atomic E-state index is 12.9. The number of nitrogen functional groups attached to an aromatic ring is 1. The van der Waals surface area contributed by atoms with Gasteiger partial charge in [-0.15, -0.1) is 0 Å². The number of aliphatic carboxylic acids is 1. The minimum Gasteiger partial charge on any atom is -0.480 e. The highest BCUT2D eigenvalue weighted by Crippen LogP contribution is 2.27. The summed E-state index contributed by atoms with van der Waals surface area (Å²) in [5.74, 6) is 9.82. The van der Waals surface area contributed by atoms with E-state index in [1.807, 2.05) is 24.3 Å². The van der Waals surface area contributed by atoms with Crippen LogP contribution in [0.4, 0.5) is 0 Å². The number of carbonyl (C=O) groups is 2. The van der Waals surface area contributed by atoms with Crippen LogP contribution in [-0.2, 0) is 14.8 Å². The van der Waals surface area contributed by atoms with Gasteiger partial charge >= 0.3 is 5.97 Å². The van der Waals surface area contributed by atoms with Gasteiger partial charge in [-0.1, -0.05) is 24.0 Å². The zero-order chi connectivity index (χ0) is 27.6. The molecule has 0 saturated carbocycles. The average Bonchev–Trinajstić information content (AvgIpc) is 3.47. The Morgan fingerprint density at radius 2 is 1.69 bits per heavy atom. The van der Waals surface area contributed by atoms with Crippen molar-refractivity contribution >= 4 is 32.8 Å². The van der Waals surface area contributed by atoms with Crippen molar-refractivity contribution in [1.29, 1.82) is 0 Å². The van der Waals surface area contributed by atoms with Crippen molar-refractivity contribution in [2.24, 2.45) is 5.84 Å². The predicted octanol–water partition coefficient (Wildman–Crippen LogP) is 2.54. The topological polar surface area (TPSA) is 156 Å². The Kier molecular flexibility index (Phi) is 7.08. The smallest absolute Gasteiger partial charge is 0.322 e. The highest BCUT2D eigenvalue weighted by Gasteiger charge is 2.39. The van der Waals surface area contributed by atoms with Gasteiger partial charge in [-0.05, 0) is 61.4 Å². The van der Waals surface area contributed by atoms with E-state index in [1.54, 1.807) is 36.7 Å². The van der Waals surface area contributed by atoms with Crippen LogP contribution in [0.5, 0.6) is 0 Å². The average molecular weight is 542 g/mol. The van der Waals surface area contributed by atoms with Crippen molar-refractivity contribution in [2.75, 3.05) is 6.54 Å². The number of aromatic nitrogens is 2. The van der Waals surface area contributed by atoms with E-state index < -0.39 is 27.9 Å². The summed E-state index contributed by atoms with van der Waals surface area (Å²) < 4.78 is 26.9. The molecular formula is C28H23N5O5S. The number of rotatable bonds is 5. The van der Waals surface area contributed by atoms with Gasteiger partial charge in [0.05, 0.1) is 21.7 Å². The molecule has 3 heterocycles. The summed E-state index contributed by atoms with van der Waals surface area (Å²) >= 11 is 0. The lowest BCUT2D eigenvalue weighted by Gasteiger charge is -2.20. The van der Waals surface area contributed by atoms with Gasteiger partial charge in [-0.25, -0.2) is 19.2 Å². The fraction of sp³-hybridized carbons (Fsp3) is 0.143. The molecule has 5 rings (SSSR count). The van der Waals surface area contributed by atoms with Crippen molar-refractivity contribution in [3.05, 3.63) is 89.7 Å². The van der Waals surface area contributed by atoms with Crippen LogP contribution in [0.1, 0.15) is 34.3 Å². The first-order chi connectivity index (χ1) is 18.8. The number of nitrogens with one attached hydrogen (secondary N) is 1. The lowest BCUT2D eigenvalue weighted by atomic mass is 10.0. The zero-order valence-electron chi connectivity index (χ0n) is 20.5. The number of hydrogen-bond acceptors (Lipinski definition) is 7. The first-order valence-electron chi connectivity index (χ1n) is 12.0. The van der Waals surface area contributed by atoms with Gasteiger partial charge in [0.1, 0.15) is 6.04 Å². The molecule has 0 bridgehead atoms. The van der Waals surface area contributed by atoms with E-state index in [0.29, 0.717) is 40.6 Å². The summed E-state index contributed by atoms with van der Waals surface area (Å²) in [7, 11) is -3.91. The molecule has 0 unspecified atom stereocenters. The number of nitrogens with two attached hydrogens (primary N) is 1. The molecule has 11 heteroatoms. The van der Waals surface area contributed by atoms with Crippen LogP contribution < -0.4 is 11.3 Å². The van der Waals surface area contributed by atoms with Crippen molar-refractivity contribution in [2.45, 2.75) is 23.8 Å². The minimum atomic E-state index is -3.91. The molecule has 1 fully saturated rings. The quantitative estimate of drug-likeness (QED) is 0.151. The third-order valence-electron chi connectivity index (χ3n) is 6.47. The minimum absolute atomic E-state index is 0.0342. The molecule has 1 aliphatic rings. The molecule has 10 nitrogen and oxygen atoms in total. The molecule has 1 aliphatic heterocycles. The number of amides is 1. The Bertz CT molecular complexity index is 1740. The van der Waals surface area contributed by atoms with Crippen LogP contribution >= 0.6 is 0 Å². The van der Waals surface area contributed by atoms with Gasteiger partial charge in [-0.2, -0.15) is 4.31 Å². The fourth-order valence-corrected chi connectivity index (χ4v) is 6.12. The maximum Gasteiger partial charge on any atom is 0.322 e. The standard InChI is InChI=1S/C28H23N5O5S/c29-32-27(34)22-16-25(31-24-13-14-30-17-23(22)24)20-9-5-18(6-10-20)3-4-19-7-11-21(12-8-19)39(37,38)33-15-1-2-26(33)28(35)36/h5-14,16-17,26H,1-2,15,29H2,(H,32,34)(H,35,36)/t26-/m1/s1. The Labute approximate surface area is 224 Å². The van der Waals surface area contributed by atoms with Gasteiger partial charge in [0.15, 0.2) is 0 Å². The number of carbonyl (C=O) groups excluding carboxylic acids is 1. The van der Waals surface area contributed by atoms with Crippen LogP contribution in [0.2, 0.25) is 0 Å². The van der Waals surface area contributed by atoms with Crippen molar-refractivity contribution in [3.8, 4) is 23.1 Å². The summed E-state index contributed by atoms with van der Waals surface area (Å²) in [6, 6.07) is 15.7. The number of fused-ring (bicyclic) bond motifs is 1. The largest absolute Gasteiger partial charge is 0.480 e. The van der Waals surface area contributed by atoms with Crippen LogP contribution in [0.3, 0.4) is 0 Å². The molecule has 4 aromatic rings. The molecule has 0 aliphatic carbocycles. The van der Waals surface area contributed by atoms with Gasteiger partial charge < -0.3 is 5.11 Å². The number of pyridine rings is 2. The van der Waals surface area contributed by atoms with E-state index in [2.05, 4.69) is 27.2 Å². The van der Waals surface area contributed by atoms with E-state index in [4.69, 9.17) is 5.84 Å². The highest BCUT2D eigenvalue weighted by molar-refractivity contribution is 7.89. The Hall–Kier alpha value is -4.63. The van der Waals surface area contributed by atoms with Crippen LogP contribution in [0.15, 0.2) is 78.0 Å². The number of carboxylic acid groups (broad SMARTS) is 1. The van der Waals surface area contributed by atoms with Crippen LogP contribution in [0.25, 0.3) is 22.2 Å². The van der Waals surface area contributed by atoms with E-state index >= 15 is 0 Å². The lowest BCUT2D eigenvalue weighted by Crippen LogP contribution is -2.40. The number of nitrogens with zero attached hydrogens (tertiary/aromatic N) is 3. The predicted molar refractivity (Wildman–Crippen MR) is 144 cm³/mol. The second kappa shape index (κ2) is 10.6. The molecule has 0 spiro atoms. The number of hydrogen-bond donors (Lipinski definition) is 3. The first kappa shape index (κ1) is 26.0. The molecular weight excluding hydrogens is 518 g/mol. The van der Waals surface area contributed by atoms with Gasteiger partial charge in [0, 0.05) is 41.0 Å². The number of carboxylic acids is 1. The Balaban J connectivity index is 1.35. The van der Waals surface area contributed by atoms with E-state index in [1.165, 1.54) is 12.1 Å². The van der Waals surface area contributed by atoms with Gasteiger partial charge in [0.2, 0.25) is 10.0 Å². The summed E-state index contributed by atoms with van der Waals surface area (Å²) in [6.07, 6.45) is 3.98.